The quantitative estimate of drug-likeness (QED) is 0.717. The number of pyridine rings is 1. The molecular weight excluding hydrogens is 330 g/mol. The van der Waals surface area contributed by atoms with Crippen LogP contribution in [0.25, 0.3) is 0 Å². The molecule has 1 unspecified atom stereocenters. The first kappa shape index (κ1) is 18.5. The SMILES string of the molecule is O=C(O)CC(CCCC1CCCCC1)c1nc(Cc2ccncc2)no1. The Morgan fingerprint density at radius 3 is 2.73 bits per heavy atom. The van der Waals surface area contributed by atoms with E-state index in [4.69, 9.17) is 4.52 Å². The van der Waals surface area contributed by atoms with Crippen molar-refractivity contribution in [3.05, 3.63) is 41.8 Å². The maximum Gasteiger partial charge on any atom is 0.304 e. The summed E-state index contributed by atoms with van der Waals surface area (Å²) < 4.78 is 5.40. The van der Waals surface area contributed by atoms with E-state index in [1.165, 1.54) is 38.5 Å². The number of hydrogen-bond acceptors (Lipinski definition) is 5. The number of aromatic nitrogens is 3. The third-order valence-corrected chi connectivity index (χ3v) is 5.26. The second-order valence-corrected chi connectivity index (χ2v) is 7.31. The van der Waals surface area contributed by atoms with Gasteiger partial charge in [0.05, 0.1) is 6.42 Å². The number of rotatable bonds is 9. The molecule has 0 radical (unpaired) electrons. The Labute approximate surface area is 154 Å². The highest BCUT2D eigenvalue weighted by Crippen LogP contribution is 2.31. The second kappa shape index (κ2) is 9.46. The number of nitrogens with zero attached hydrogens (tertiary/aromatic N) is 3. The summed E-state index contributed by atoms with van der Waals surface area (Å²) >= 11 is 0. The van der Waals surface area contributed by atoms with Gasteiger partial charge >= 0.3 is 5.97 Å². The minimum absolute atomic E-state index is 0.0432. The van der Waals surface area contributed by atoms with Crippen molar-refractivity contribution in [1.29, 1.82) is 0 Å². The zero-order chi connectivity index (χ0) is 18.2. The fourth-order valence-corrected chi connectivity index (χ4v) is 3.84. The number of carboxylic acid groups (broad SMARTS) is 1. The standard InChI is InChI=1S/C20H27N3O3/c24-19(25)14-17(8-4-7-15-5-2-1-3-6-15)20-22-18(23-26-20)13-16-9-11-21-12-10-16/h9-12,15,17H,1-8,13-14H2,(H,24,25). The Morgan fingerprint density at radius 1 is 1.23 bits per heavy atom. The van der Waals surface area contributed by atoms with E-state index < -0.39 is 5.97 Å². The monoisotopic (exact) mass is 357 g/mol. The second-order valence-electron chi connectivity index (χ2n) is 7.31. The fourth-order valence-electron chi connectivity index (χ4n) is 3.84. The molecule has 6 nitrogen and oxygen atoms in total. The van der Waals surface area contributed by atoms with Crippen molar-refractivity contribution in [1.82, 2.24) is 15.1 Å². The van der Waals surface area contributed by atoms with Gasteiger partial charge in [-0.25, -0.2) is 0 Å². The Kier molecular flexibility index (Phi) is 6.75. The van der Waals surface area contributed by atoms with Crippen LogP contribution in [0.1, 0.15) is 81.0 Å². The number of carbonyl (C=O) groups is 1. The van der Waals surface area contributed by atoms with Crippen molar-refractivity contribution in [2.45, 2.75) is 70.1 Å². The summed E-state index contributed by atoms with van der Waals surface area (Å²) in [5, 5.41) is 13.3. The van der Waals surface area contributed by atoms with E-state index in [9.17, 15) is 9.90 Å². The minimum atomic E-state index is -0.818. The summed E-state index contributed by atoms with van der Waals surface area (Å²) in [6, 6.07) is 3.82. The molecule has 1 aliphatic rings. The molecule has 26 heavy (non-hydrogen) atoms. The average molecular weight is 357 g/mol. The molecule has 3 rings (SSSR count). The zero-order valence-corrected chi connectivity index (χ0v) is 15.1. The molecular formula is C20H27N3O3. The van der Waals surface area contributed by atoms with Gasteiger partial charge in [0.15, 0.2) is 5.82 Å². The predicted molar refractivity (Wildman–Crippen MR) is 96.8 cm³/mol. The molecule has 2 heterocycles. The zero-order valence-electron chi connectivity index (χ0n) is 15.1. The molecule has 1 fully saturated rings. The van der Waals surface area contributed by atoms with Crippen molar-refractivity contribution in [2.75, 3.05) is 0 Å². The van der Waals surface area contributed by atoms with Crippen LogP contribution in [0.5, 0.6) is 0 Å². The van der Waals surface area contributed by atoms with Gasteiger partial charge in [-0.15, -0.1) is 0 Å². The lowest BCUT2D eigenvalue weighted by Crippen LogP contribution is -2.10. The van der Waals surface area contributed by atoms with Gasteiger partial charge in [-0.3, -0.25) is 9.78 Å². The smallest absolute Gasteiger partial charge is 0.304 e. The van der Waals surface area contributed by atoms with Gasteiger partial charge in [0.1, 0.15) is 0 Å². The summed E-state index contributed by atoms with van der Waals surface area (Å²) in [5.74, 6) is 0.837. The Morgan fingerprint density at radius 2 is 2.00 bits per heavy atom. The molecule has 0 aliphatic heterocycles. The van der Waals surface area contributed by atoms with Crippen LogP contribution in [-0.2, 0) is 11.2 Å². The third-order valence-electron chi connectivity index (χ3n) is 5.26. The molecule has 2 aromatic heterocycles. The van der Waals surface area contributed by atoms with Crippen molar-refractivity contribution in [2.24, 2.45) is 5.92 Å². The first-order valence-electron chi connectivity index (χ1n) is 9.64. The molecule has 0 amide bonds. The number of aliphatic carboxylic acids is 1. The van der Waals surface area contributed by atoms with E-state index >= 15 is 0 Å². The summed E-state index contributed by atoms with van der Waals surface area (Å²) in [6.07, 6.45) is 13.7. The van der Waals surface area contributed by atoms with Crippen molar-refractivity contribution < 1.29 is 14.4 Å². The molecule has 0 aromatic carbocycles. The lowest BCUT2D eigenvalue weighted by atomic mass is 9.84. The normalized spacial score (nSPS) is 16.5. The highest BCUT2D eigenvalue weighted by atomic mass is 16.5. The van der Waals surface area contributed by atoms with Gasteiger partial charge in [0.25, 0.3) is 0 Å². The summed E-state index contributed by atoms with van der Waals surface area (Å²) in [5.41, 5.74) is 1.06. The van der Waals surface area contributed by atoms with E-state index in [2.05, 4.69) is 15.1 Å². The highest BCUT2D eigenvalue weighted by Gasteiger charge is 2.23. The first-order chi connectivity index (χ1) is 12.7. The molecule has 1 aliphatic carbocycles. The van der Waals surface area contributed by atoms with Crippen LogP contribution in [0.2, 0.25) is 0 Å². The van der Waals surface area contributed by atoms with Gasteiger partial charge in [0, 0.05) is 24.7 Å². The molecule has 140 valence electrons. The molecule has 1 N–H and O–H groups in total. The average Bonchev–Trinajstić information content (AvgIpc) is 3.11. The Balaban J connectivity index is 1.57. The lowest BCUT2D eigenvalue weighted by molar-refractivity contribution is -0.137. The van der Waals surface area contributed by atoms with Crippen LogP contribution in [0.3, 0.4) is 0 Å². The maximum absolute atomic E-state index is 11.2. The number of carboxylic acids is 1. The minimum Gasteiger partial charge on any atom is -0.481 e. The van der Waals surface area contributed by atoms with Crippen LogP contribution >= 0.6 is 0 Å². The Hall–Kier alpha value is -2.24. The van der Waals surface area contributed by atoms with Crippen LogP contribution < -0.4 is 0 Å². The van der Waals surface area contributed by atoms with Gasteiger partial charge in [-0.2, -0.15) is 4.98 Å². The molecule has 1 saturated carbocycles. The highest BCUT2D eigenvalue weighted by molar-refractivity contribution is 5.67. The van der Waals surface area contributed by atoms with Gasteiger partial charge < -0.3 is 9.63 Å². The van der Waals surface area contributed by atoms with Crippen LogP contribution in [0.4, 0.5) is 0 Å². The molecule has 0 bridgehead atoms. The molecule has 0 saturated heterocycles. The maximum atomic E-state index is 11.2. The molecule has 1 atom stereocenters. The predicted octanol–water partition coefficient (Wildman–Crippen LogP) is 4.36. The number of hydrogen-bond donors (Lipinski definition) is 1. The summed E-state index contributed by atoms with van der Waals surface area (Å²) in [7, 11) is 0. The first-order valence-corrected chi connectivity index (χ1v) is 9.64. The van der Waals surface area contributed by atoms with E-state index in [0.29, 0.717) is 18.1 Å². The Bertz CT molecular complexity index is 681. The van der Waals surface area contributed by atoms with Gasteiger partial charge in [0.2, 0.25) is 5.89 Å². The summed E-state index contributed by atoms with van der Waals surface area (Å²) in [4.78, 5) is 19.7. The largest absolute Gasteiger partial charge is 0.481 e. The van der Waals surface area contributed by atoms with Crippen LogP contribution in [-0.4, -0.2) is 26.2 Å². The third kappa shape index (κ3) is 5.64. The topological polar surface area (TPSA) is 89.1 Å². The van der Waals surface area contributed by atoms with Crippen LogP contribution in [0.15, 0.2) is 29.0 Å². The van der Waals surface area contributed by atoms with Crippen molar-refractivity contribution in [3.63, 3.8) is 0 Å². The van der Waals surface area contributed by atoms with E-state index in [1.54, 1.807) is 12.4 Å². The van der Waals surface area contributed by atoms with Crippen molar-refractivity contribution in [3.8, 4) is 0 Å². The fraction of sp³-hybridized carbons (Fsp3) is 0.600. The van der Waals surface area contributed by atoms with Gasteiger partial charge in [-0.05, 0) is 30.0 Å². The molecule has 0 spiro atoms. The van der Waals surface area contributed by atoms with E-state index in [-0.39, 0.29) is 12.3 Å². The molecule has 6 heteroatoms. The van der Waals surface area contributed by atoms with E-state index in [0.717, 1.165) is 24.3 Å². The van der Waals surface area contributed by atoms with Crippen molar-refractivity contribution >= 4 is 5.97 Å². The van der Waals surface area contributed by atoms with E-state index in [1.807, 2.05) is 12.1 Å². The van der Waals surface area contributed by atoms with Gasteiger partial charge in [-0.1, -0.05) is 50.1 Å². The lowest BCUT2D eigenvalue weighted by Gasteiger charge is -2.21. The molecule has 2 aromatic rings. The summed E-state index contributed by atoms with van der Waals surface area (Å²) in [6.45, 7) is 0. The van der Waals surface area contributed by atoms with Crippen LogP contribution in [0, 0.1) is 5.92 Å².